The molecule has 2 heterocycles. The number of carbonyl (C=O) groups excluding carboxylic acids is 2. The van der Waals surface area contributed by atoms with Crippen molar-refractivity contribution in [3.05, 3.63) is 47.4 Å². The zero-order valence-electron chi connectivity index (χ0n) is 18.0. The fourth-order valence-electron chi connectivity index (χ4n) is 4.00. The van der Waals surface area contributed by atoms with Crippen molar-refractivity contribution < 1.29 is 14.3 Å². The highest BCUT2D eigenvalue weighted by Gasteiger charge is 2.24. The number of rotatable bonds is 4. The minimum atomic E-state index is 0.185. The van der Waals surface area contributed by atoms with Crippen LogP contribution in [0.1, 0.15) is 42.8 Å². The van der Waals surface area contributed by atoms with Crippen LogP contribution in [0.5, 0.6) is 5.75 Å². The van der Waals surface area contributed by atoms with Crippen LogP contribution in [0.4, 0.5) is 11.6 Å². The van der Waals surface area contributed by atoms with Crippen LogP contribution in [0.3, 0.4) is 0 Å². The van der Waals surface area contributed by atoms with Gasteiger partial charge in [-0.25, -0.2) is 9.97 Å². The molecule has 0 unspecified atom stereocenters. The molecule has 0 atom stereocenters. The van der Waals surface area contributed by atoms with Gasteiger partial charge in [0.25, 0.3) is 0 Å². The van der Waals surface area contributed by atoms with Gasteiger partial charge in [-0.15, -0.1) is 0 Å². The Morgan fingerprint density at radius 2 is 1.58 bits per heavy atom. The molecule has 1 aliphatic rings. The van der Waals surface area contributed by atoms with E-state index in [0.717, 1.165) is 71.1 Å². The number of hydrogen-bond acceptors (Lipinski definition) is 8. The third kappa shape index (κ3) is 5.77. The van der Waals surface area contributed by atoms with Crippen molar-refractivity contribution in [2.24, 2.45) is 0 Å². The standard InChI is InChI=1S/C22H27N5O.CO2/c1-13-11-14(2)26-22(25-13)27-16-7-9-17(10-8-16)28-20-6-4-5-19-21(20)18(23)12-15(3)24-19;2-1-3/h4-6,11-12,16-17H,7-10H2,1-3H3,(H2,23,24)(H,25,26,27);. The first-order valence-electron chi connectivity index (χ1n) is 10.3. The maximum atomic E-state index is 8.12. The highest BCUT2D eigenvalue weighted by atomic mass is 16.5. The molecule has 1 aromatic carbocycles. The van der Waals surface area contributed by atoms with E-state index in [4.69, 9.17) is 20.1 Å². The molecule has 0 saturated heterocycles. The Kier molecular flexibility index (Phi) is 7.15. The molecule has 2 aromatic heterocycles. The molecule has 0 bridgehead atoms. The number of nitrogens with one attached hydrogen (secondary N) is 1. The summed E-state index contributed by atoms with van der Waals surface area (Å²) in [5.41, 5.74) is 10.8. The normalized spacial score (nSPS) is 17.9. The van der Waals surface area contributed by atoms with Gasteiger partial charge in [0.15, 0.2) is 0 Å². The molecule has 162 valence electrons. The van der Waals surface area contributed by atoms with Crippen molar-refractivity contribution >= 4 is 28.7 Å². The molecule has 8 heteroatoms. The second-order valence-corrected chi connectivity index (χ2v) is 7.80. The largest absolute Gasteiger partial charge is 0.490 e. The van der Waals surface area contributed by atoms with Crippen molar-refractivity contribution in [3.63, 3.8) is 0 Å². The van der Waals surface area contributed by atoms with Crippen LogP contribution >= 0.6 is 0 Å². The summed E-state index contributed by atoms with van der Waals surface area (Å²) >= 11 is 0. The van der Waals surface area contributed by atoms with Crippen LogP contribution in [0.2, 0.25) is 0 Å². The van der Waals surface area contributed by atoms with E-state index in [1.165, 1.54) is 0 Å². The quantitative estimate of drug-likeness (QED) is 0.653. The van der Waals surface area contributed by atoms with Crippen LogP contribution in [-0.2, 0) is 9.59 Å². The lowest BCUT2D eigenvalue weighted by atomic mass is 9.93. The predicted octanol–water partition coefficient (Wildman–Crippen LogP) is 3.75. The van der Waals surface area contributed by atoms with E-state index in [1.54, 1.807) is 0 Å². The summed E-state index contributed by atoms with van der Waals surface area (Å²) in [6, 6.07) is 10.2. The highest BCUT2D eigenvalue weighted by molar-refractivity contribution is 5.95. The molecular weight excluding hydrogens is 394 g/mol. The number of anilines is 2. The number of benzene rings is 1. The number of pyridine rings is 1. The Hall–Kier alpha value is -3.51. The second kappa shape index (κ2) is 10.00. The number of nitrogens with two attached hydrogens (primary N) is 1. The van der Waals surface area contributed by atoms with Crippen LogP contribution in [0, 0.1) is 20.8 Å². The molecule has 3 N–H and O–H groups in total. The van der Waals surface area contributed by atoms with Crippen LogP contribution in [0.15, 0.2) is 30.3 Å². The van der Waals surface area contributed by atoms with Gasteiger partial charge in [-0.05, 0) is 70.7 Å². The molecule has 0 spiro atoms. The van der Waals surface area contributed by atoms with Crippen molar-refractivity contribution in [2.45, 2.75) is 58.6 Å². The summed E-state index contributed by atoms with van der Waals surface area (Å²) in [5, 5.41) is 4.40. The predicted molar refractivity (Wildman–Crippen MR) is 118 cm³/mol. The lowest BCUT2D eigenvalue weighted by Gasteiger charge is -2.30. The molecule has 0 aliphatic heterocycles. The van der Waals surface area contributed by atoms with E-state index in [9.17, 15) is 0 Å². The van der Waals surface area contributed by atoms with Crippen molar-refractivity contribution in [3.8, 4) is 5.75 Å². The first kappa shape index (κ1) is 22.2. The average Bonchev–Trinajstić information content (AvgIpc) is 2.69. The lowest BCUT2D eigenvalue weighted by molar-refractivity contribution is -0.191. The smallest absolute Gasteiger partial charge is 0.373 e. The van der Waals surface area contributed by atoms with E-state index in [1.807, 2.05) is 51.1 Å². The topological polar surface area (TPSA) is 120 Å². The fraction of sp³-hybridized carbons (Fsp3) is 0.391. The molecule has 1 saturated carbocycles. The van der Waals surface area contributed by atoms with Gasteiger partial charge in [0.1, 0.15) is 5.75 Å². The van der Waals surface area contributed by atoms with E-state index in [2.05, 4.69) is 20.3 Å². The molecule has 0 radical (unpaired) electrons. The summed E-state index contributed by atoms with van der Waals surface area (Å²) < 4.78 is 6.35. The molecule has 4 rings (SSSR count). The summed E-state index contributed by atoms with van der Waals surface area (Å²) in [7, 11) is 0. The Bertz CT molecular complexity index is 1070. The van der Waals surface area contributed by atoms with E-state index in [0.29, 0.717) is 6.04 Å². The van der Waals surface area contributed by atoms with Crippen molar-refractivity contribution in [1.29, 1.82) is 0 Å². The molecule has 8 nitrogen and oxygen atoms in total. The third-order valence-corrected chi connectivity index (χ3v) is 5.24. The first-order valence-corrected chi connectivity index (χ1v) is 10.3. The monoisotopic (exact) mass is 421 g/mol. The maximum absolute atomic E-state index is 8.12. The molecule has 0 amide bonds. The summed E-state index contributed by atoms with van der Waals surface area (Å²) in [6.07, 6.45) is 4.46. The van der Waals surface area contributed by atoms with E-state index < -0.39 is 0 Å². The summed E-state index contributed by atoms with van der Waals surface area (Å²) in [4.78, 5) is 29.8. The van der Waals surface area contributed by atoms with E-state index in [-0.39, 0.29) is 12.3 Å². The maximum Gasteiger partial charge on any atom is 0.373 e. The van der Waals surface area contributed by atoms with Crippen LogP contribution in [0.25, 0.3) is 10.9 Å². The van der Waals surface area contributed by atoms with Gasteiger partial charge >= 0.3 is 6.15 Å². The van der Waals surface area contributed by atoms with E-state index >= 15 is 0 Å². The number of aryl methyl sites for hydroxylation is 3. The van der Waals surface area contributed by atoms with Crippen LogP contribution < -0.4 is 15.8 Å². The highest BCUT2D eigenvalue weighted by Crippen LogP contribution is 2.33. The van der Waals surface area contributed by atoms with Gasteiger partial charge in [-0.3, -0.25) is 4.98 Å². The van der Waals surface area contributed by atoms with Gasteiger partial charge in [-0.2, -0.15) is 9.59 Å². The lowest BCUT2D eigenvalue weighted by Crippen LogP contribution is -2.32. The average molecular weight is 422 g/mol. The SMILES string of the molecule is Cc1cc(C)nc(NC2CCC(Oc3cccc4nc(C)cc(N)c34)CC2)n1.O=C=O. The Balaban J connectivity index is 0.000000858. The number of nitrogens with zero attached hydrogens (tertiary/aromatic N) is 3. The zero-order valence-corrected chi connectivity index (χ0v) is 18.0. The van der Waals surface area contributed by atoms with Gasteiger partial charge in [-0.1, -0.05) is 6.07 Å². The molecule has 1 fully saturated rings. The number of hydrogen-bond donors (Lipinski definition) is 2. The minimum absolute atomic E-state index is 0.185. The molecule has 1 aliphatic carbocycles. The Labute approximate surface area is 181 Å². The van der Waals surface area contributed by atoms with Gasteiger partial charge in [0, 0.05) is 28.8 Å². The summed E-state index contributed by atoms with van der Waals surface area (Å²) in [6.45, 7) is 5.95. The molecule has 31 heavy (non-hydrogen) atoms. The number of ether oxygens (including phenoxy) is 1. The van der Waals surface area contributed by atoms with Crippen molar-refractivity contribution in [1.82, 2.24) is 15.0 Å². The number of aromatic nitrogens is 3. The number of fused-ring (bicyclic) bond motifs is 1. The zero-order chi connectivity index (χ0) is 22.4. The molecular formula is C23H27N5O3. The van der Waals surface area contributed by atoms with Crippen LogP contribution in [-0.4, -0.2) is 33.2 Å². The number of nitrogen functional groups attached to an aromatic ring is 1. The van der Waals surface area contributed by atoms with Gasteiger partial charge in [0.2, 0.25) is 5.95 Å². The second-order valence-electron chi connectivity index (χ2n) is 7.80. The fourth-order valence-corrected chi connectivity index (χ4v) is 4.00. The Morgan fingerprint density at radius 1 is 0.968 bits per heavy atom. The summed E-state index contributed by atoms with van der Waals surface area (Å²) in [5.74, 6) is 1.56. The first-order chi connectivity index (χ1) is 14.9. The van der Waals surface area contributed by atoms with Crippen molar-refractivity contribution in [2.75, 3.05) is 11.1 Å². The van der Waals surface area contributed by atoms with Gasteiger partial charge < -0.3 is 15.8 Å². The molecule has 3 aromatic rings. The third-order valence-electron chi connectivity index (χ3n) is 5.24. The minimum Gasteiger partial charge on any atom is -0.490 e. The Morgan fingerprint density at radius 3 is 2.23 bits per heavy atom. The van der Waals surface area contributed by atoms with Gasteiger partial charge in [0.05, 0.1) is 17.0 Å².